The molecule has 0 atom stereocenters. The smallest absolute Gasteiger partial charge is 0.377 e. The van der Waals surface area contributed by atoms with Gasteiger partial charge in [-0.1, -0.05) is 0 Å². The second kappa shape index (κ2) is 8.85. The Morgan fingerprint density at radius 1 is 1.31 bits per heavy atom. The number of amides is 1. The molecule has 0 spiro atoms. The maximum atomic E-state index is 13.7. The second-order valence-electron chi connectivity index (χ2n) is 7.18. The number of carbonyl (C=O) groups excluding carboxylic acids is 1. The predicted octanol–water partition coefficient (Wildman–Crippen LogP) is 3.22. The van der Waals surface area contributed by atoms with E-state index in [2.05, 4.69) is 15.2 Å². The quantitative estimate of drug-likeness (QED) is 0.763. The molecule has 1 fully saturated rings. The van der Waals surface area contributed by atoms with Crippen molar-refractivity contribution in [3.8, 4) is 0 Å². The van der Waals surface area contributed by atoms with E-state index < -0.39 is 17.6 Å². The predicted molar refractivity (Wildman–Crippen MR) is 108 cm³/mol. The molecule has 6 nitrogen and oxygen atoms in total. The van der Waals surface area contributed by atoms with E-state index >= 15 is 0 Å². The Morgan fingerprint density at radius 2 is 2.00 bits per heavy atom. The van der Waals surface area contributed by atoms with E-state index in [0.717, 1.165) is 23.9 Å². The maximum absolute atomic E-state index is 13.7. The number of alkyl halides is 3. The van der Waals surface area contributed by atoms with Crippen molar-refractivity contribution in [3.05, 3.63) is 22.6 Å². The third-order valence-corrected chi connectivity index (χ3v) is 5.84. The van der Waals surface area contributed by atoms with Gasteiger partial charge in [0.05, 0.1) is 34.1 Å². The summed E-state index contributed by atoms with van der Waals surface area (Å²) >= 11 is 0.894. The number of thiophene rings is 1. The van der Waals surface area contributed by atoms with Gasteiger partial charge < -0.3 is 15.0 Å². The summed E-state index contributed by atoms with van der Waals surface area (Å²) in [6, 6.07) is 1.10. The normalized spacial score (nSPS) is 16.0. The van der Waals surface area contributed by atoms with Gasteiger partial charge in [-0.05, 0) is 19.9 Å². The molecule has 0 radical (unpaired) electrons. The van der Waals surface area contributed by atoms with E-state index in [-0.39, 0.29) is 27.7 Å². The van der Waals surface area contributed by atoms with E-state index in [0.29, 0.717) is 32.8 Å². The van der Waals surface area contributed by atoms with Crippen molar-refractivity contribution in [2.75, 3.05) is 51.3 Å². The molecular formula is C19H25F3N4O2S. The van der Waals surface area contributed by atoms with Gasteiger partial charge >= 0.3 is 6.18 Å². The molecule has 1 N–H and O–H groups in total. The van der Waals surface area contributed by atoms with Crippen LogP contribution in [-0.2, 0) is 10.9 Å². The Bertz CT molecular complexity index is 861. The van der Waals surface area contributed by atoms with Crippen molar-refractivity contribution < 1.29 is 22.7 Å². The largest absolute Gasteiger partial charge is 0.417 e. The molecule has 10 heteroatoms. The average molecular weight is 430 g/mol. The number of halogens is 3. The molecule has 3 heterocycles. The molecule has 0 aliphatic carbocycles. The Balaban J connectivity index is 1.83. The Kier molecular flexibility index (Phi) is 6.65. The first-order chi connectivity index (χ1) is 13.7. The first-order valence-corrected chi connectivity index (χ1v) is 10.4. The van der Waals surface area contributed by atoms with Crippen LogP contribution in [0.25, 0.3) is 10.2 Å². The second-order valence-corrected chi connectivity index (χ2v) is 8.06. The number of nitrogens with zero attached hydrogens (tertiary/aromatic N) is 3. The van der Waals surface area contributed by atoms with E-state index in [1.54, 1.807) is 0 Å². The Labute approximate surface area is 171 Å². The van der Waals surface area contributed by atoms with Crippen LogP contribution in [0.4, 0.5) is 19.0 Å². The van der Waals surface area contributed by atoms with E-state index in [4.69, 9.17) is 4.74 Å². The molecule has 3 rings (SSSR count). The number of ether oxygens (including phenoxy) is 1. The van der Waals surface area contributed by atoms with Crippen LogP contribution in [0.15, 0.2) is 11.4 Å². The number of piperazine rings is 1. The van der Waals surface area contributed by atoms with Crippen LogP contribution >= 0.6 is 11.3 Å². The summed E-state index contributed by atoms with van der Waals surface area (Å²) in [6.07, 6.45) is -4.34. The Morgan fingerprint density at radius 3 is 2.59 bits per heavy atom. The first kappa shape index (κ1) is 21.8. The van der Waals surface area contributed by atoms with Crippen molar-refractivity contribution in [3.63, 3.8) is 0 Å². The van der Waals surface area contributed by atoms with Gasteiger partial charge in [-0.2, -0.15) is 13.2 Å². The zero-order valence-corrected chi connectivity index (χ0v) is 17.5. The summed E-state index contributed by atoms with van der Waals surface area (Å²) < 4.78 is 46.5. The van der Waals surface area contributed by atoms with Gasteiger partial charge in [-0.25, -0.2) is 4.98 Å². The molecule has 29 heavy (non-hydrogen) atoms. The number of hydrogen-bond acceptors (Lipinski definition) is 6. The fourth-order valence-electron chi connectivity index (χ4n) is 3.28. The number of nitrogens with one attached hydrogen (secondary N) is 1. The molecule has 1 aliphatic rings. The highest BCUT2D eigenvalue weighted by Crippen LogP contribution is 2.40. The van der Waals surface area contributed by atoms with E-state index in [1.807, 2.05) is 18.7 Å². The van der Waals surface area contributed by atoms with Crippen molar-refractivity contribution in [1.29, 1.82) is 0 Å². The molecule has 2 aromatic rings. The van der Waals surface area contributed by atoms with Crippen LogP contribution in [0, 0.1) is 0 Å². The highest BCUT2D eigenvalue weighted by atomic mass is 32.1. The topological polar surface area (TPSA) is 57.7 Å². The van der Waals surface area contributed by atoms with Crippen LogP contribution in [0.5, 0.6) is 0 Å². The lowest BCUT2D eigenvalue weighted by Crippen LogP contribution is -2.47. The van der Waals surface area contributed by atoms with Crippen molar-refractivity contribution in [1.82, 2.24) is 15.2 Å². The van der Waals surface area contributed by atoms with Gasteiger partial charge in [0.25, 0.3) is 5.91 Å². The summed E-state index contributed by atoms with van der Waals surface area (Å²) in [5.74, 6) is -0.185. The van der Waals surface area contributed by atoms with Crippen LogP contribution in [0.3, 0.4) is 0 Å². The van der Waals surface area contributed by atoms with Gasteiger partial charge in [-0.15, -0.1) is 11.3 Å². The average Bonchev–Trinajstić information content (AvgIpc) is 3.10. The van der Waals surface area contributed by atoms with E-state index in [9.17, 15) is 18.0 Å². The van der Waals surface area contributed by atoms with Gasteiger partial charge in [0.2, 0.25) is 0 Å². The summed E-state index contributed by atoms with van der Waals surface area (Å²) in [7, 11) is 1.45. The lowest BCUT2D eigenvalue weighted by molar-refractivity contribution is -0.136. The molecule has 2 aromatic heterocycles. The molecule has 1 amide bonds. The molecule has 160 valence electrons. The summed E-state index contributed by atoms with van der Waals surface area (Å²) in [5, 5.41) is 3.90. The molecule has 0 saturated carbocycles. The summed E-state index contributed by atoms with van der Waals surface area (Å²) in [5.41, 5.74) is -0.471. The molecule has 1 aliphatic heterocycles. The third kappa shape index (κ3) is 4.99. The number of carbonyl (C=O) groups is 1. The molecule has 1 saturated heterocycles. The molecule has 0 unspecified atom stereocenters. The maximum Gasteiger partial charge on any atom is 0.417 e. The zero-order valence-electron chi connectivity index (χ0n) is 16.7. The van der Waals surface area contributed by atoms with Crippen LogP contribution in [-0.4, -0.2) is 68.3 Å². The zero-order chi connectivity index (χ0) is 21.2. The molecular weight excluding hydrogens is 405 g/mol. The van der Waals surface area contributed by atoms with Gasteiger partial charge in [0.15, 0.2) is 0 Å². The van der Waals surface area contributed by atoms with Gasteiger partial charge in [-0.3, -0.25) is 9.69 Å². The molecule has 0 bridgehead atoms. The Hall–Kier alpha value is -1.91. The minimum Gasteiger partial charge on any atom is -0.377 e. The number of hydrogen-bond donors (Lipinski definition) is 1. The first-order valence-electron chi connectivity index (χ1n) is 9.51. The van der Waals surface area contributed by atoms with Gasteiger partial charge in [0.1, 0.15) is 5.82 Å². The lowest BCUT2D eigenvalue weighted by Gasteiger charge is -2.35. The fraction of sp³-hybridized carbons (Fsp3) is 0.579. The van der Waals surface area contributed by atoms with Crippen molar-refractivity contribution >= 4 is 33.3 Å². The minimum atomic E-state index is -4.52. The highest BCUT2D eigenvalue weighted by Gasteiger charge is 2.36. The van der Waals surface area contributed by atoms with Gasteiger partial charge in [0, 0.05) is 45.2 Å². The monoisotopic (exact) mass is 430 g/mol. The lowest BCUT2D eigenvalue weighted by atomic mass is 10.1. The molecule has 0 aromatic carbocycles. The van der Waals surface area contributed by atoms with Crippen LogP contribution in [0.2, 0.25) is 0 Å². The number of fused-ring (bicyclic) bond motifs is 1. The number of aromatic nitrogens is 1. The summed E-state index contributed by atoms with van der Waals surface area (Å²) in [6.45, 7) is 7.95. The standard InChI is InChI=1S/C19H25F3N4O2S/c1-12(2)28-9-8-25-4-6-26(7-5-25)15-10-14(19(20,21)22)17-16(24-15)13(11-29-17)18(27)23-3/h10-12H,4-9H2,1-3H3,(H,23,27). The number of rotatable bonds is 6. The fourth-order valence-corrected chi connectivity index (χ4v) is 4.30. The highest BCUT2D eigenvalue weighted by molar-refractivity contribution is 7.17. The number of anilines is 1. The third-order valence-electron chi connectivity index (χ3n) is 4.84. The number of pyridine rings is 1. The van der Waals surface area contributed by atoms with Crippen LogP contribution < -0.4 is 10.2 Å². The van der Waals surface area contributed by atoms with Crippen LogP contribution in [0.1, 0.15) is 29.8 Å². The minimum absolute atomic E-state index is 0.00989. The van der Waals surface area contributed by atoms with Crippen molar-refractivity contribution in [2.45, 2.75) is 26.1 Å². The van der Waals surface area contributed by atoms with Crippen molar-refractivity contribution in [2.24, 2.45) is 0 Å². The summed E-state index contributed by atoms with van der Waals surface area (Å²) in [4.78, 5) is 20.6. The van der Waals surface area contributed by atoms with E-state index in [1.165, 1.54) is 12.4 Å². The SMILES string of the molecule is CNC(=O)c1csc2c(C(F)(F)F)cc(N3CCN(CCOC(C)C)CC3)nc12.